The molecule has 1 fully saturated rings. The predicted molar refractivity (Wildman–Crippen MR) is 53.1 cm³/mol. The van der Waals surface area contributed by atoms with Crippen molar-refractivity contribution in [3.63, 3.8) is 0 Å². The summed E-state index contributed by atoms with van der Waals surface area (Å²) in [6, 6.07) is 0.117. The summed E-state index contributed by atoms with van der Waals surface area (Å²) in [5.74, 6) is -2.16. The number of hydrogen-bond donors (Lipinski definition) is 3. The summed E-state index contributed by atoms with van der Waals surface area (Å²) in [6.07, 6.45) is -2.74. The number of alkyl halides is 3. The van der Waals surface area contributed by atoms with Gasteiger partial charge in [-0.2, -0.15) is 13.2 Å². The van der Waals surface area contributed by atoms with Crippen LogP contribution in [-0.2, 0) is 0 Å². The summed E-state index contributed by atoms with van der Waals surface area (Å²) in [5.41, 5.74) is 5.02. The van der Waals surface area contributed by atoms with Crippen LogP contribution < -0.4 is 11.1 Å². The number of hydrogen-bond acceptors (Lipinski definition) is 3. The highest BCUT2D eigenvalue weighted by Crippen LogP contribution is 2.29. The lowest BCUT2D eigenvalue weighted by molar-refractivity contribution is -0.155. The largest absolute Gasteiger partial charge is 0.409 e. The molecule has 1 rings (SSSR count). The Labute approximate surface area is 91.7 Å². The Bertz CT molecular complexity index is 261. The normalized spacial score (nSPS) is 28.6. The topological polar surface area (TPSA) is 70.6 Å². The Kier molecular flexibility index (Phi) is 4.01. The molecule has 0 radical (unpaired) electrons. The molecular formula is C9H16F3N3O. The van der Waals surface area contributed by atoms with Gasteiger partial charge in [0.1, 0.15) is 5.92 Å². The van der Waals surface area contributed by atoms with Gasteiger partial charge in [0.25, 0.3) is 0 Å². The molecule has 1 atom stereocenters. The number of amidine groups is 1. The SMILES string of the molecule is CC1CC(NCC(C(N)=NO)C(F)(F)F)C1. The average Bonchev–Trinajstić information content (AvgIpc) is 2.12. The highest BCUT2D eigenvalue weighted by molar-refractivity contribution is 5.83. The van der Waals surface area contributed by atoms with Crippen molar-refractivity contribution in [3.8, 4) is 0 Å². The van der Waals surface area contributed by atoms with Crippen LogP contribution >= 0.6 is 0 Å². The quantitative estimate of drug-likeness (QED) is 0.300. The van der Waals surface area contributed by atoms with Crippen molar-refractivity contribution in [3.05, 3.63) is 0 Å². The fourth-order valence-electron chi connectivity index (χ4n) is 1.81. The zero-order valence-corrected chi connectivity index (χ0v) is 8.96. The van der Waals surface area contributed by atoms with Crippen molar-refractivity contribution in [1.29, 1.82) is 0 Å². The second kappa shape index (κ2) is 4.90. The van der Waals surface area contributed by atoms with Gasteiger partial charge in [-0.05, 0) is 18.8 Å². The maximum Gasteiger partial charge on any atom is 0.400 e. The molecular weight excluding hydrogens is 223 g/mol. The monoisotopic (exact) mass is 239 g/mol. The van der Waals surface area contributed by atoms with Crippen LogP contribution in [0, 0.1) is 11.8 Å². The minimum absolute atomic E-state index is 0.117. The van der Waals surface area contributed by atoms with Crippen LogP contribution in [0.4, 0.5) is 13.2 Å². The standard InChI is InChI=1S/C9H16F3N3O/c1-5-2-6(3-5)14-4-7(8(13)15-16)9(10,11)12/h5-7,14,16H,2-4H2,1H3,(H2,13,15). The van der Waals surface area contributed by atoms with Gasteiger partial charge in [-0.3, -0.25) is 0 Å². The van der Waals surface area contributed by atoms with Gasteiger partial charge in [0.2, 0.25) is 0 Å². The lowest BCUT2D eigenvalue weighted by Crippen LogP contribution is -2.48. The Morgan fingerprint density at radius 1 is 1.56 bits per heavy atom. The third-order valence-electron chi connectivity index (χ3n) is 2.85. The number of rotatable bonds is 4. The van der Waals surface area contributed by atoms with E-state index in [0.29, 0.717) is 5.92 Å². The molecule has 0 bridgehead atoms. The highest BCUT2D eigenvalue weighted by atomic mass is 19.4. The zero-order chi connectivity index (χ0) is 12.3. The summed E-state index contributed by atoms with van der Waals surface area (Å²) < 4.78 is 37.5. The molecule has 94 valence electrons. The van der Waals surface area contributed by atoms with E-state index in [9.17, 15) is 13.2 Å². The smallest absolute Gasteiger partial charge is 0.400 e. The maximum atomic E-state index is 12.5. The molecule has 16 heavy (non-hydrogen) atoms. The number of nitrogens with one attached hydrogen (secondary N) is 1. The Morgan fingerprint density at radius 2 is 2.12 bits per heavy atom. The number of halogens is 3. The average molecular weight is 239 g/mol. The fraction of sp³-hybridized carbons (Fsp3) is 0.889. The lowest BCUT2D eigenvalue weighted by atomic mass is 9.81. The molecule has 1 unspecified atom stereocenters. The van der Waals surface area contributed by atoms with Crippen LogP contribution in [0.5, 0.6) is 0 Å². The van der Waals surface area contributed by atoms with E-state index in [4.69, 9.17) is 10.9 Å². The third kappa shape index (κ3) is 3.26. The molecule has 7 heteroatoms. The summed E-state index contributed by atoms with van der Waals surface area (Å²) in [5, 5.41) is 13.5. The molecule has 4 nitrogen and oxygen atoms in total. The van der Waals surface area contributed by atoms with Gasteiger partial charge in [-0.1, -0.05) is 12.1 Å². The van der Waals surface area contributed by atoms with E-state index >= 15 is 0 Å². The molecule has 0 aromatic rings. The van der Waals surface area contributed by atoms with E-state index < -0.39 is 17.9 Å². The molecule has 0 heterocycles. The lowest BCUT2D eigenvalue weighted by Gasteiger charge is -2.34. The molecule has 1 aliphatic carbocycles. The van der Waals surface area contributed by atoms with Crippen molar-refractivity contribution in [2.24, 2.45) is 22.7 Å². The molecule has 0 aliphatic heterocycles. The van der Waals surface area contributed by atoms with Crippen molar-refractivity contribution < 1.29 is 18.4 Å². The van der Waals surface area contributed by atoms with E-state index in [1.54, 1.807) is 0 Å². The molecule has 4 N–H and O–H groups in total. The maximum absolute atomic E-state index is 12.5. The molecule has 0 saturated heterocycles. The molecule has 1 aliphatic rings. The Balaban J connectivity index is 2.45. The highest BCUT2D eigenvalue weighted by Gasteiger charge is 2.43. The van der Waals surface area contributed by atoms with Crippen LogP contribution in [0.15, 0.2) is 5.16 Å². The van der Waals surface area contributed by atoms with Crippen molar-refractivity contribution in [1.82, 2.24) is 5.32 Å². The van der Waals surface area contributed by atoms with Crippen molar-refractivity contribution in [2.75, 3.05) is 6.54 Å². The van der Waals surface area contributed by atoms with Crippen molar-refractivity contribution >= 4 is 5.84 Å². The van der Waals surface area contributed by atoms with Crippen molar-refractivity contribution in [2.45, 2.75) is 32.0 Å². The fourth-order valence-corrected chi connectivity index (χ4v) is 1.81. The zero-order valence-electron chi connectivity index (χ0n) is 8.96. The molecule has 0 amide bonds. The van der Waals surface area contributed by atoms with Gasteiger partial charge in [-0.25, -0.2) is 0 Å². The molecule has 0 aromatic carbocycles. The summed E-state index contributed by atoms with van der Waals surface area (Å²) in [6.45, 7) is 1.71. The number of oxime groups is 1. The second-order valence-electron chi connectivity index (χ2n) is 4.30. The summed E-state index contributed by atoms with van der Waals surface area (Å²) in [4.78, 5) is 0. The first-order chi connectivity index (χ1) is 7.34. The van der Waals surface area contributed by atoms with Gasteiger partial charge in [0, 0.05) is 12.6 Å². The molecule has 0 aromatic heterocycles. The Morgan fingerprint density at radius 3 is 2.50 bits per heavy atom. The summed E-state index contributed by atoms with van der Waals surface area (Å²) >= 11 is 0. The van der Waals surface area contributed by atoms with Gasteiger partial charge in [0.15, 0.2) is 5.84 Å². The third-order valence-corrected chi connectivity index (χ3v) is 2.85. The first kappa shape index (κ1) is 13.1. The van der Waals surface area contributed by atoms with E-state index in [-0.39, 0.29) is 12.6 Å². The van der Waals surface area contributed by atoms with Gasteiger partial charge in [-0.15, -0.1) is 0 Å². The minimum Gasteiger partial charge on any atom is -0.409 e. The van der Waals surface area contributed by atoms with Crippen LogP contribution in [0.3, 0.4) is 0 Å². The van der Waals surface area contributed by atoms with E-state index in [1.165, 1.54) is 0 Å². The van der Waals surface area contributed by atoms with E-state index in [1.807, 2.05) is 6.92 Å². The predicted octanol–water partition coefficient (Wildman–Crippen LogP) is 1.30. The number of nitrogens with zero attached hydrogens (tertiary/aromatic N) is 1. The first-order valence-corrected chi connectivity index (χ1v) is 5.12. The molecule has 1 saturated carbocycles. The second-order valence-corrected chi connectivity index (χ2v) is 4.30. The first-order valence-electron chi connectivity index (χ1n) is 5.12. The Hall–Kier alpha value is -0.980. The van der Waals surface area contributed by atoms with Crippen LogP contribution in [-0.4, -0.2) is 29.8 Å². The number of nitrogens with two attached hydrogens (primary N) is 1. The van der Waals surface area contributed by atoms with Gasteiger partial charge < -0.3 is 16.3 Å². The van der Waals surface area contributed by atoms with Crippen LogP contribution in [0.2, 0.25) is 0 Å². The van der Waals surface area contributed by atoms with E-state index in [0.717, 1.165) is 12.8 Å². The molecule has 0 spiro atoms. The van der Waals surface area contributed by atoms with Crippen LogP contribution in [0.25, 0.3) is 0 Å². The minimum atomic E-state index is -4.49. The van der Waals surface area contributed by atoms with Gasteiger partial charge in [0.05, 0.1) is 0 Å². The van der Waals surface area contributed by atoms with E-state index in [2.05, 4.69) is 10.5 Å². The van der Waals surface area contributed by atoms with Gasteiger partial charge >= 0.3 is 6.18 Å². The van der Waals surface area contributed by atoms with Crippen LogP contribution in [0.1, 0.15) is 19.8 Å². The summed E-state index contributed by atoms with van der Waals surface area (Å²) in [7, 11) is 0.